The van der Waals surface area contributed by atoms with E-state index < -0.39 is 18.1 Å². The van der Waals surface area contributed by atoms with Gasteiger partial charge in [-0.1, -0.05) is 21.6 Å². The Balaban J connectivity index is 2.58. The fourth-order valence-electron chi connectivity index (χ4n) is 0.767. The summed E-state index contributed by atoms with van der Waals surface area (Å²) in [7, 11) is 2.84. The summed E-state index contributed by atoms with van der Waals surface area (Å²) >= 11 is 0. The molecule has 1 unspecified atom stereocenters. The lowest BCUT2D eigenvalue weighted by Crippen LogP contribution is -2.51. The summed E-state index contributed by atoms with van der Waals surface area (Å²) in [5, 5.41) is 11.1. The van der Waals surface area contributed by atoms with E-state index in [0.29, 0.717) is 11.5 Å². The summed E-state index contributed by atoms with van der Waals surface area (Å²) in [5.41, 5.74) is 5.47. The van der Waals surface area contributed by atoms with Crippen LogP contribution in [0.4, 0.5) is 0 Å². The maximum Gasteiger partial charge on any atom is 0.327 e. The number of aliphatic carboxylic acids is 1. The van der Waals surface area contributed by atoms with E-state index in [1.165, 1.54) is 21.6 Å². The first-order chi connectivity index (χ1) is 6.11. The standard InChI is InChI=1S/C6H10N2O3S2/c7-3-1-12-13-2-4(6(10)11)8-5(3)9/h3-4H,1-2,7H2,(H,8,9)(H,10,11)/t3?,4-/m0/s1. The van der Waals surface area contributed by atoms with Gasteiger partial charge in [0.15, 0.2) is 0 Å². The number of carboxylic acids is 1. The highest BCUT2D eigenvalue weighted by atomic mass is 33.1. The fourth-order valence-corrected chi connectivity index (χ4v) is 3.04. The molecule has 1 rings (SSSR count). The minimum Gasteiger partial charge on any atom is -0.480 e. The van der Waals surface area contributed by atoms with E-state index in [4.69, 9.17) is 10.8 Å². The SMILES string of the molecule is NC1CSSC[C@@H](C(=O)O)NC1=O. The lowest BCUT2D eigenvalue weighted by molar-refractivity contribution is -0.141. The van der Waals surface area contributed by atoms with Crippen molar-refractivity contribution in [3.05, 3.63) is 0 Å². The second-order valence-corrected chi connectivity index (χ2v) is 5.13. The van der Waals surface area contributed by atoms with Gasteiger partial charge in [-0.25, -0.2) is 4.79 Å². The Morgan fingerprint density at radius 2 is 2.15 bits per heavy atom. The number of hydrogen-bond donors (Lipinski definition) is 3. The van der Waals surface area contributed by atoms with Gasteiger partial charge < -0.3 is 16.2 Å². The van der Waals surface area contributed by atoms with Crippen LogP contribution in [0.15, 0.2) is 0 Å². The zero-order chi connectivity index (χ0) is 9.84. The van der Waals surface area contributed by atoms with E-state index in [0.717, 1.165) is 0 Å². The molecule has 0 aromatic heterocycles. The molecule has 1 heterocycles. The van der Waals surface area contributed by atoms with Crippen LogP contribution in [0, 0.1) is 0 Å². The van der Waals surface area contributed by atoms with Crippen molar-refractivity contribution in [3.8, 4) is 0 Å². The summed E-state index contributed by atoms with van der Waals surface area (Å²) in [5.74, 6) is -0.517. The van der Waals surface area contributed by atoms with Crippen molar-refractivity contribution < 1.29 is 14.7 Å². The molecule has 1 saturated heterocycles. The molecule has 2 atom stereocenters. The monoisotopic (exact) mass is 222 g/mol. The van der Waals surface area contributed by atoms with Gasteiger partial charge in [0.1, 0.15) is 6.04 Å². The first kappa shape index (κ1) is 10.7. The summed E-state index contributed by atoms with van der Waals surface area (Å²) in [6.45, 7) is 0. The number of amides is 1. The topological polar surface area (TPSA) is 92.4 Å². The summed E-state index contributed by atoms with van der Waals surface area (Å²) in [6.07, 6.45) is 0. The van der Waals surface area contributed by atoms with Crippen LogP contribution in [0.1, 0.15) is 0 Å². The Labute approximate surface area is 83.2 Å². The molecule has 1 fully saturated rings. The quantitative estimate of drug-likeness (QED) is 0.507. The minimum atomic E-state index is -1.02. The van der Waals surface area contributed by atoms with Crippen LogP contribution in [-0.2, 0) is 9.59 Å². The Morgan fingerprint density at radius 1 is 1.54 bits per heavy atom. The number of hydrogen-bond acceptors (Lipinski definition) is 5. The summed E-state index contributed by atoms with van der Waals surface area (Å²) in [6, 6.07) is -1.43. The zero-order valence-electron chi connectivity index (χ0n) is 6.73. The van der Waals surface area contributed by atoms with Crippen LogP contribution < -0.4 is 11.1 Å². The third-order valence-electron chi connectivity index (χ3n) is 1.52. The van der Waals surface area contributed by atoms with E-state index in [2.05, 4.69) is 5.32 Å². The van der Waals surface area contributed by atoms with Crippen LogP contribution >= 0.6 is 21.6 Å². The van der Waals surface area contributed by atoms with E-state index >= 15 is 0 Å². The molecule has 4 N–H and O–H groups in total. The molecule has 1 amide bonds. The van der Waals surface area contributed by atoms with Crippen LogP contribution in [0.25, 0.3) is 0 Å². The average molecular weight is 222 g/mol. The van der Waals surface area contributed by atoms with E-state index in [1.54, 1.807) is 0 Å². The highest BCUT2D eigenvalue weighted by Crippen LogP contribution is 2.24. The molecule has 0 bridgehead atoms. The van der Waals surface area contributed by atoms with Gasteiger partial charge in [0.2, 0.25) is 5.91 Å². The largest absolute Gasteiger partial charge is 0.480 e. The second-order valence-electron chi connectivity index (χ2n) is 2.57. The third kappa shape index (κ3) is 3.09. The van der Waals surface area contributed by atoms with Crippen molar-refractivity contribution in [1.29, 1.82) is 0 Å². The van der Waals surface area contributed by atoms with Crippen LogP contribution in [0.3, 0.4) is 0 Å². The molecule has 0 spiro atoms. The van der Waals surface area contributed by atoms with Crippen molar-refractivity contribution in [2.45, 2.75) is 12.1 Å². The number of nitrogens with two attached hydrogens (primary N) is 1. The predicted octanol–water partition coefficient (Wildman–Crippen LogP) is -0.722. The minimum absolute atomic E-state index is 0.373. The molecule has 7 heteroatoms. The molecule has 0 aromatic carbocycles. The van der Waals surface area contributed by atoms with E-state index in [-0.39, 0.29) is 5.91 Å². The Bertz CT molecular complexity index is 224. The lowest BCUT2D eigenvalue weighted by Gasteiger charge is -2.20. The predicted molar refractivity (Wildman–Crippen MR) is 52.5 cm³/mol. The molecule has 1 aliphatic heterocycles. The molecule has 74 valence electrons. The normalized spacial score (nSPS) is 30.1. The lowest BCUT2D eigenvalue weighted by atomic mass is 10.3. The smallest absolute Gasteiger partial charge is 0.327 e. The maximum absolute atomic E-state index is 11.2. The van der Waals surface area contributed by atoms with Gasteiger partial charge in [-0.3, -0.25) is 4.79 Å². The molecule has 5 nitrogen and oxygen atoms in total. The molecule has 1 aliphatic rings. The number of carboxylic acid groups (broad SMARTS) is 1. The Hall–Kier alpha value is -0.400. The van der Waals surface area contributed by atoms with Gasteiger partial charge in [0.25, 0.3) is 0 Å². The highest BCUT2D eigenvalue weighted by molar-refractivity contribution is 8.76. The van der Waals surface area contributed by atoms with Gasteiger partial charge in [-0.05, 0) is 0 Å². The van der Waals surface area contributed by atoms with Gasteiger partial charge >= 0.3 is 5.97 Å². The highest BCUT2D eigenvalue weighted by Gasteiger charge is 2.25. The van der Waals surface area contributed by atoms with Crippen molar-refractivity contribution in [2.75, 3.05) is 11.5 Å². The zero-order valence-corrected chi connectivity index (χ0v) is 8.36. The van der Waals surface area contributed by atoms with Gasteiger partial charge in [0, 0.05) is 11.5 Å². The van der Waals surface area contributed by atoms with Gasteiger partial charge in [-0.15, -0.1) is 0 Å². The van der Waals surface area contributed by atoms with Gasteiger partial charge in [-0.2, -0.15) is 0 Å². The van der Waals surface area contributed by atoms with Crippen LogP contribution in [0.5, 0.6) is 0 Å². The molecular formula is C6H10N2O3S2. The molecule has 0 aromatic rings. The third-order valence-corrected chi connectivity index (χ3v) is 3.96. The van der Waals surface area contributed by atoms with Crippen molar-refractivity contribution in [2.24, 2.45) is 5.73 Å². The van der Waals surface area contributed by atoms with Crippen molar-refractivity contribution in [3.63, 3.8) is 0 Å². The van der Waals surface area contributed by atoms with Crippen LogP contribution in [-0.4, -0.2) is 40.6 Å². The molecule has 13 heavy (non-hydrogen) atoms. The summed E-state index contributed by atoms with van der Waals surface area (Å²) in [4.78, 5) is 21.8. The van der Waals surface area contributed by atoms with Crippen molar-refractivity contribution >= 4 is 33.5 Å². The Morgan fingerprint density at radius 3 is 2.77 bits per heavy atom. The summed E-state index contributed by atoms with van der Waals surface area (Å²) < 4.78 is 0. The molecular weight excluding hydrogens is 212 g/mol. The maximum atomic E-state index is 11.2. The van der Waals surface area contributed by atoms with Crippen molar-refractivity contribution in [1.82, 2.24) is 5.32 Å². The number of carbonyl (C=O) groups is 2. The number of rotatable bonds is 1. The molecule has 0 saturated carbocycles. The molecule has 0 aliphatic carbocycles. The molecule has 0 radical (unpaired) electrons. The number of carbonyl (C=O) groups excluding carboxylic acids is 1. The fraction of sp³-hybridized carbons (Fsp3) is 0.667. The average Bonchev–Trinajstić information content (AvgIpc) is 2.06. The van der Waals surface area contributed by atoms with Crippen LogP contribution in [0.2, 0.25) is 0 Å². The van der Waals surface area contributed by atoms with Gasteiger partial charge in [0.05, 0.1) is 6.04 Å². The van der Waals surface area contributed by atoms with E-state index in [9.17, 15) is 9.59 Å². The first-order valence-corrected chi connectivity index (χ1v) is 6.13. The second kappa shape index (κ2) is 4.73. The van der Waals surface area contributed by atoms with E-state index in [1.807, 2.05) is 0 Å². The number of nitrogens with one attached hydrogen (secondary N) is 1. The first-order valence-electron chi connectivity index (χ1n) is 3.64. The Kier molecular flexibility index (Phi) is 3.89.